The summed E-state index contributed by atoms with van der Waals surface area (Å²) in [6, 6.07) is 7.09. The highest BCUT2D eigenvalue weighted by Crippen LogP contribution is 2.25. The molecule has 0 heterocycles. The Morgan fingerprint density at radius 1 is 1.13 bits per heavy atom. The molecule has 1 aromatic rings. The van der Waals surface area contributed by atoms with E-state index < -0.39 is 0 Å². The fourth-order valence-electron chi connectivity index (χ4n) is 2.26. The lowest BCUT2D eigenvalue weighted by Gasteiger charge is -2.21. The van der Waals surface area contributed by atoms with Crippen LogP contribution in [0.15, 0.2) is 18.2 Å². The normalized spacial score (nSPS) is 12.8. The number of benzene rings is 1. The average Bonchev–Trinajstić information content (AvgIpc) is 2.18. The summed E-state index contributed by atoms with van der Waals surface area (Å²) < 4.78 is 0. The molecular weight excluding hydrogens is 182 g/mol. The Bertz CT molecular complexity index is 278. The topological polar surface area (TPSA) is 12.0 Å². The van der Waals surface area contributed by atoms with Gasteiger partial charge in [-0.1, -0.05) is 38.5 Å². The first kappa shape index (κ1) is 12.3. The van der Waals surface area contributed by atoms with Crippen LogP contribution in [0.1, 0.15) is 49.4 Å². The second-order valence-corrected chi connectivity index (χ2v) is 4.20. The molecule has 0 bridgehead atoms. The summed E-state index contributed by atoms with van der Waals surface area (Å²) in [4.78, 5) is 0. The van der Waals surface area contributed by atoms with Crippen molar-refractivity contribution < 1.29 is 0 Å². The first-order valence-electron chi connectivity index (χ1n) is 6.00. The standard InChI is InChI=1S/C14H23N/c1-5-8-13(15-6-2)14-11(3)9-7-10-12(14)4/h7,9-10,13,15H,5-6,8H2,1-4H3. The summed E-state index contributed by atoms with van der Waals surface area (Å²) in [7, 11) is 0. The van der Waals surface area contributed by atoms with Crippen LogP contribution in [-0.4, -0.2) is 6.54 Å². The summed E-state index contributed by atoms with van der Waals surface area (Å²) in [5, 5.41) is 3.58. The van der Waals surface area contributed by atoms with Crippen molar-refractivity contribution in [2.75, 3.05) is 6.54 Å². The Morgan fingerprint density at radius 3 is 2.20 bits per heavy atom. The van der Waals surface area contributed by atoms with E-state index in [1.54, 1.807) is 0 Å². The van der Waals surface area contributed by atoms with Crippen LogP contribution in [0.3, 0.4) is 0 Å². The molecule has 0 aliphatic heterocycles. The Kier molecular flexibility index (Phi) is 4.83. The molecule has 15 heavy (non-hydrogen) atoms. The predicted octanol–water partition coefficient (Wildman–Crippen LogP) is 3.75. The van der Waals surface area contributed by atoms with E-state index in [1.165, 1.54) is 29.5 Å². The van der Waals surface area contributed by atoms with Crippen molar-refractivity contribution in [1.29, 1.82) is 0 Å². The quantitative estimate of drug-likeness (QED) is 0.772. The maximum absolute atomic E-state index is 3.58. The molecule has 0 fully saturated rings. The molecule has 0 amide bonds. The molecule has 0 aliphatic rings. The van der Waals surface area contributed by atoms with E-state index in [9.17, 15) is 0 Å². The maximum atomic E-state index is 3.58. The number of aryl methyl sites for hydroxylation is 2. The molecule has 0 radical (unpaired) electrons. The monoisotopic (exact) mass is 205 g/mol. The molecule has 0 aromatic heterocycles. The zero-order valence-electron chi connectivity index (χ0n) is 10.4. The van der Waals surface area contributed by atoms with Gasteiger partial charge in [0.15, 0.2) is 0 Å². The molecule has 84 valence electrons. The molecule has 0 aliphatic carbocycles. The summed E-state index contributed by atoms with van der Waals surface area (Å²) >= 11 is 0. The van der Waals surface area contributed by atoms with Crippen LogP contribution < -0.4 is 5.32 Å². The van der Waals surface area contributed by atoms with Gasteiger partial charge in [-0.2, -0.15) is 0 Å². The second kappa shape index (κ2) is 5.92. The Morgan fingerprint density at radius 2 is 1.73 bits per heavy atom. The van der Waals surface area contributed by atoms with Crippen molar-refractivity contribution in [3.63, 3.8) is 0 Å². The van der Waals surface area contributed by atoms with Crippen LogP contribution in [-0.2, 0) is 0 Å². The van der Waals surface area contributed by atoms with Crippen molar-refractivity contribution in [3.05, 3.63) is 34.9 Å². The minimum atomic E-state index is 0.529. The average molecular weight is 205 g/mol. The van der Waals surface area contributed by atoms with Crippen LogP contribution in [0.25, 0.3) is 0 Å². The summed E-state index contributed by atoms with van der Waals surface area (Å²) in [6.45, 7) is 9.89. The lowest BCUT2D eigenvalue weighted by atomic mass is 9.93. The van der Waals surface area contributed by atoms with E-state index >= 15 is 0 Å². The SMILES string of the molecule is CCCC(NCC)c1c(C)cccc1C. The minimum absolute atomic E-state index is 0.529. The Hall–Kier alpha value is -0.820. The van der Waals surface area contributed by atoms with Gasteiger partial charge in [0.05, 0.1) is 0 Å². The third-order valence-electron chi connectivity index (χ3n) is 2.92. The van der Waals surface area contributed by atoms with Crippen molar-refractivity contribution in [2.45, 2.75) is 46.6 Å². The first-order valence-corrected chi connectivity index (χ1v) is 6.00. The Labute approximate surface area is 93.9 Å². The number of rotatable bonds is 5. The first-order chi connectivity index (χ1) is 7.20. The van der Waals surface area contributed by atoms with E-state index in [0.29, 0.717) is 6.04 Å². The van der Waals surface area contributed by atoms with Crippen LogP contribution in [0.5, 0.6) is 0 Å². The van der Waals surface area contributed by atoms with E-state index in [2.05, 4.69) is 51.2 Å². The van der Waals surface area contributed by atoms with Gasteiger partial charge in [-0.3, -0.25) is 0 Å². The third-order valence-corrected chi connectivity index (χ3v) is 2.92. The zero-order valence-corrected chi connectivity index (χ0v) is 10.4. The highest BCUT2D eigenvalue weighted by Gasteiger charge is 2.13. The summed E-state index contributed by atoms with van der Waals surface area (Å²) in [5.41, 5.74) is 4.32. The van der Waals surface area contributed by atoms with Crippen LogP contribution >= 0.6 is 0 Å². The molecule has 1 nitrogen and oxygen atoms in total. The van der Waals surface area contributed by atoms with Crippen LogP contribution in [0, 0.1) is 13.8 Å². The van der Waals surface area contributed by atoms with Gasteiger partial charge in [-0.15, -0.1) is 0 Å². The molecule has 1 heteroatoms. The van der Waals surface area contributed by atoms with Gasteiger partial charge in [0.2, 0.25) is 0 Å². The number of nitrogens with one attached hydrogen (secondary N) is 1. The van der Waals surface area contributed by atoms with Gasteiger partial charge in [-0.25, -0.2) is 0 Å². The van der Waals surface area contributed by atoms with Gasteiger partial charge in [-0.05, 0) is 43.5 Å². The van der Waals surface area contributed by atoms with Crippen molar-refractivity contribution in [3.8, 4) is 0 Å². The largest absolute Gasteiger partial charge is 0.310 e. The van der Waals surface area contributed by atoms with Gasteiger partial charge in [0.1, 0.15) is 0 Å². The molecule has 1 aromatic carbocycles. The van der Waals surface area contributed by atoms with Gasteiger partial charge < -0.3 is 5.32 Å². The van der Waals surface area contributed by atoms with Crippen LogP contribution in [0.4, 0.5) is 0 Å². The van der Waals surface area contributed by atoms with Gasteiger partial charge >= 0.3 is 0 Å². The smallest absolute Gasteiger partial charge is 0.0325 e. The van der Waals surface area contributed by atoms with Crippen molar-refractivity contribution >= 4 is 0 Å². The highest BCUT2D eigenvalue weighted by atomic mass is 14.9. The molecule has 0 saturated carbocycles. The van der Waals surface area contributed by atoms with E-state index in [0.717, 1.165) is 6.54 Å². The van der Waals surface area contributed by atoms with E-state index in [4.69, 9.17) is 0 Å². The molecule has 1 unspecified atom stereocenters. The predicted molar refractivity (Wildman–Crippen MR) is 67.2 cm³/mol. The highest BCUT2D eigenvalue weighted by molar-refractivity contribution is 5.36. The lowest BCUT2D eigenvalue weighted by molar-refractivity contribution is 0.505. The van der Waals surface area contributed by atoms with E-state index in [-0.39, 0.29) is 0 Å². The summed E-state index contributed by atoms with van der Waals surface area (Å²) in [6.07, 6.45) is 2.45. The number of hydrogen-bond acceptors (Lipinski definition) is 1. The zero-order chi connectivity index (χ0) is 11.3. The van der Waals surface area contributed by atoms with Crippen molar-refractivity contribution in [2.24, 2.45) is 0 Å². The number of hydrogen-bond donors (Lipinski definition) is 1. The molecule has 0 spiro atoms. The van der Waals surface area contributed by atoms with Crippen molar-refractivity contribution in [1.82, 2.24) is 5.32 Å². The fraction of sp³-hybridized carbons (Fsp3) is 0.571. The lowest BCUT2D eigenvalue weighted by Crippen LogP contribution is -2.22. The minimum Gasteiger partial charge on any atom is -0.310 e. The molecule has 1 N–H and O–H groups in total. The van der Waals surface area contributed by atoms with Crippen LogP contribution in [0.2, 0.25) is 0 Å². The fourth-order valence-corrected chi connectivity index (χ4v) is 2.26. The van der Waals surface area contributed by atoms with Gasteiger partial charge in [0.25, 0.3) is 0 Å². The second-order valence-electron chi connectivity index (χ2n) is 4.20. The van der Waals surface area contributed by atoms with E-state index in [1.807, 2.05) is 0 Å². The Balaban J connectivity index is 2.98. The molecule has 0 saturated heterocycles. The molecular formula is C14H23N. The summed E-state index contributed by atoms with van der Waals surface area (Å²) in [5.74, 6) is 0. The molecule has 1 rings (SSSR count). The molecule has 1 atom stereocenters. The maximum Gasteiger partial charge on any atom is 0.0325 e. The third kappa shape index (κ3) is 3.07. The van der Waals surface area contributed by atoms with Gasteiger partial charge in [0, 0.05) is 6.04 Å².